The lowest BCUT2D eigenvalue weighted by Crippen LogP contribution is -2.12. The molecule has 0 heterocycles. The first-order valence-corrected chi connectivity index (χ1v) is 9.82. The van der Waals surface area contributed by atoms with Crippen LogP contribution in [0, 0.1) is 0 Å². The predicted octanol–water partition coefficient (Wildman–Crippen LogP) is 5.12. The molecule has 0 saturated heterocycles. The van der Waals surface area contributed by atoms with Crippen molar-refractivity contribution in [3.63, 3.8) is 0 Å². The van der Waals surface area contributed by atoms with Gasteiger partial charge in [0.1, 0.15) is 5.75 Å². The van der Waals surface area contributed by atoms with Crippen molar-refractivity contribution < 1.29 is 18.9 Å². The number of benzene rings is 2. The van der Waals surface area contributed by atoms with Crippen molar-refractivity contribution >= 4 is 23.6 Å². The summed E-state index contributed by atoms with van der Waals surface area (Å²) in [6.45, 7) is 2.86. The van der Waals surface area contributed by atoms with Gasteiger partial charge in [0.2, 0.25) is 0 Å². The molecule has 0 aliphatic rings. The largest absolute Gasteiger partial charge is 0.494 e. The van der Waals surface area contributed by atoms with Crippen LogP contribution in [0.4, 0.5) is 5.69 Å². The summed E-state index contributed by atoms with van der Waals surface area (Å²) in [6.07, 6.45) is 5.91. The van der Waals surface area contributed by atoms with Crippen molar-refractivity contribution in [3.8, 4) is 5.75 Å². The summed E-state index contributed by atoms with van der Waals surface area (Å²) in [5.74, 6) is 5.33. The number of hydrogen-bond acceptors (Lipinski definition) is 6. The molecule has 0 aliphatic carbocycles. The van der Waals surface area contributed by atoms with Crippen molar-refractivity contribution in [3.05, 3.63) is 54.1 Å². The summed E-state index contributed by atoms with van der Waals surface area (Å²) >= 11 is 0.920. The lowest BCUT2D eigenvalue weighted by atomic mass is 10.1. The van der Waals surface area contributed by atoms with E-state index in [9.17, 15) is 4.79 Å². The summed E-state index contributed by atoms with van der Waals surface area (Å²) in [6, 6.07) is 14.4. The van der Waals surface area contributed by atoms with E-state index in [1.54, 1.807) is 24.3 Å². The fraction of sp³-hybridized carbons (Fsp3) is 0.350. The maximum Gasteiger partial charge on any atom is 0.255 e. The van der Waals surface area contributed by atoms with E-state index in [1.807, 2.05) is 24.3 Å². The molecule has 0 aromatic heterocycles. The molecule has 27 heavy (non-hydrogen) atoms. The summed E-state index contributed by atoms with van der Waals surface area (Å²) in [4.78, 5) is 17.4. The van der Waals surface area contributed by atoms with Crippen LogP contribution in [0.15, 0.2) is 53.4 Å². The Hall–Kier alpha value is -2.06. The minimum absolute atomic E-state index is 0.231. The standard InChI is InChI=1S/C20H26N2O4S/c1-2-3-4-5-8-14-24-17-11-9-10-16(15-17)20(23)22-18-12-6-7-13-19(18)27-26-25-21/h6-7,9-13,15H,2-5,8,14,21H2,1H3,(H,22,23). The molecule has 0 atom stereocenters. The number of para-hydroxylation sites is 1. The maximum atomic E-state index is 12.6. The number of rotatable bonds is 12. The highest BCUT2D eigenvalue weighted by molar-refractivity contribution is 7.94. The van der Waals surface area contributed by atoms with Gasteiger partial charge in [-0.15, -0.1) is 9.32 Å². The zero-order valence-corrected chi connectivity index (χ0v) is 16.3. The number of nitrogens with two attached hydrogens (primary N) is 1. The minimum atomic E-state index is -0.231. The van der Waals surface area contributed by atoms with Gasteiger partial charge in [-0.3, -0.25) is 4.79 Å². The number of carbonyl (C=O) groups excluding carboxylic acids is 1. The van der Waals surface area contributed by atoms with E-state index in [1.165, 1.54) is 19.3 Å². The van der Waals surface area contributed by atoms with Gasteiger partial charge in [0.15, 0.2) is 0 Å². The Balaban J connectivity index is 1.91. The molecule has 0 aliphatic heterocycles. The molecule has 2 rings (SSSR count). The fourth-order valence-corrected chi connectivity index (χ4v) is 2.97. The van der Waals surface area contributed by atoms with E-state index < -0.39 is 0 Å². The number of unbranched alkanes of at least 4 members (excludes halogenated alkanes) is 4. The average molecular weight is 391 g/mol. The third kappa shape index (κ3) is 7.60. The van der Waals surface area contributed by atoms with E-state index in [0.717, 1.165) is 24.9 Å². The SMILES string of the molecule is CCCCCCCOc1cccc(C(=O)Nc2ccccc2SOON)c1. The summed E-state index contributed by atoms with van der Waals surface area (Å²) < 4.78 is 10.4. The Bertz CT molecular complexity index is 712. The zero-order valence-electron chi connectivity index (χ0n) is 15.5. The molecule has 0 bridgehead atoms. The Morgan fingerprint density at radius 1 is 1.07 bits per heavy atom. The second-order valence-corrected chi connectivity index (χ2v) is 6.73. The molecule has 0 unspecified atom stereocenters. The van der Waals surface area contributed by atoms with Crippen LogP contribution in [-0.4, -0.2) is 12.5 Å². The Kier molecular flexibility index (Phi) is 9.72. The number of nitrogens with one attached hydrogen (secondary N) is 1. The molecule has 2 aromatic rings. The van der Waals surface area contributed by atoms with Crippen LogP contribution in [0.5, 0.6) is 5.75 Å². The smallest absolute Gasteiger partial charge is 0.255 e. The van der Waals surface area contributed by atoms with Crippen molar-refractivity contribution in [1.29, 1.82) is 0 Å². The van der Waals surface area contributed by atoms with Gasteiger partial charge in [-0.05, 0) is 36.8 Å². The van der Waals surface area contributed by atoms with Crippen molar-refractivity contribution in [1.82, 2.24) is 0 Å². The molecule has 0 saturated carbocycles. The minimum Gasteiger partial charge on any atom is -0.494 e. The molecule has 0 radical (unpaired) electrons. The van der Waals surface area contributed by atoms with Crippen LogP contribution in [-0.2, 0) is 9.32 Å². The monoisotopic (exact) mass is 390 g/mol. The Labute approximate surface area is 164 Å². The third-order valence-corrected chi connectivity index (χ3v) is 4.59. The maximum absolute atomic E-state index is 12.6. The van der Waals surface area contributed by atoms with Gasteiger partial charge in [-0.2, -0.15) is 5.90 Å². The topological polar surface area (TPSA) is 82.8 Å². The first-order chi connectivity index (χ1) is 13.2. The zero-order chi connectivity index (χ0) is 19.3. The van der Waals surface area contributed by atoms with Crippen LogP contribution >= 0.6 is 12.0 Å². The third-order valence-electron chi connectivity index (χ3n) is 3.91. The van der Waals surface area contributed by atoms with Gasteiger partial charge in [0.25, 0.3) is 5.91 Å². The molecule has 146 valence electrons. The Morgan fingerprint density at radius 2 is 1.89 bits per heavy atom. The molecule has 7 heteroatoms. The molecule has 2 aromatic carbocycles. The van der Waals surface area contributed by atoms with Gasteiger partial charge < -0.3 is 10.1 Å². The molecular formula is C20H26N2O4S. The van der Waals surface area contributed by atoms with Crippen LogP contribution < -0.4 is 16.0 Å². The van der Waals surface area contributed by atoms with Gasteiger partial charge in [0.05, 0.1) is 29.2 Å². The lowest BCUT2D eigenvalue weighted by Gasteiger charge is -2.11. The summed E-state index contributed by atoms with van der Waals surface area (Å²) in [5, 5.41) is 2.86. The van der Waals surface area contributed by atoms with E-state index in [0.29, 0.717) is 28.5 Å². The highest BCUT2D eigenvalue weighted by Gasteiger charge is 2.11. The van der Waals surface area contributed by atoms with E-state index in [2.05, 4.69) is 21.6 Å². The Morgan fingerprint density at radius 3 is 2.70 bits per heavy atom. The molecule has 6 nitrogen and oxygen atoms in total. The molecule has 1 amide bonds. The quantitative estimate of drug-likeness (QED) is 0.227. The molecular weight excluding hydrogens is 364 g/mol. The van der Waals surface area contributed by atoms with Crippen LogP contribution in [0.2, 0.25) is 0 Å². The normalized spacial score (nSPS) is 10.6. The summed E-state index contributed by atoms with van der Waals surface area (Å²) in [7, 11) is 0. The van der Waals surface area contributed by atoms with E-state index in [4.69, 9.17) is 10.6 Å². The second kappa shape index (κ2) is 12.3. The van der Waals surface area contributed by atoms with Crippen molar-refractivity contribution in [2.75, 3.05) is 11.9 Å². The number of ether oxygens (including phenoxy) is 1. The van der Waals surface area contributed by atoms with Crippen molar-refractivity contribution in [2.24, 2.45) is 5.90 Å². The number of hydrogen-bond donors (Lipinski definition) is 2. The highest BCUT2D eigenvalue weighted by Crippen LogP contribution is 2.28. The first-order valence-electron chi connectivity index (χ1n) is 9.08. The predicted molar refractivity (Wildman–Crippen MR) is 107 cm³/mol. The van der Waals surface area contributed by atoms with Crippen molar-refractivity contribution in [2.45, 2.75) is 43.9 Å². The van der Waals surface area contributed by atoms with E-state index >= 15 is 0 Å². The van der Waals surface area contributed by atoms with Crippen LogP contribution in [0.25, 0.3) is 0 Å². The van der Waals surface area contributed by atoms with Gasteiger partial charge in [0, 0.05) is 5.56 Å². The number of carbonyl (C=O) groups is 1. The molecule has 0 spiro atoms. The lowest BCUT2D eigenvalue weighted by molar-refractivity contribution is -0.195. The number of amides is 1. The second-order valence-electron chi connectivity index (χ2n) is 5.99. The van der Waals surface area contributed by atoms with E-state index in [-0.39, 0.29) is 5.91 Å². The average Bonchev–Trinajstić information content (AvgIpc) is 2.70. The van der Waals surface area contributed by atoms with Gasteiger partial charge in [-0.1, -0.05) is 50.8 Å². The summed E-state index contributed by atoms with van der Waals surface area (Å²) in [5.41, 5.74) is 1.13. The molecule has 0 fully saturated rings. The fourth-order valence-electron chi connectivity index (χ4n) is 2.52. The van der Waals surface area contributed by atoms with Crippen LogP contribution in [0.3, 0.4) is 0 Å². The van der Waals surface area contributed by atoms with Gasteiger partial charge >= 0.3 is 0 Å². The number of anilines is 1. The highest BCUT2D eigenvalue weighted by atomic mass is 32.2. The van der Waals surface area contributed by atoms with Crippen LogP contribution in [0.1, 0.15) is 49.4 Å². The molecule has 3 N–H and O–H groups in total. The van der Waals surface area contributed by atoms with Gasteiger partial charge in [-0.25, -0.2) is 0 Å². The first kappa shape index (κ1) is 21.2.